The number of aromatic nitrogens is 1. The zero-order chi connectivity index (χ0) is 22.9. The standard InChI is InChI=1S/C25H22N4O3/c1-2-32-24(30)14-28-25(31)23-17-29(15-21-5-3-4-20(10-21)13-27)16-22(23)11-18-6-8-19(12-26)9-7-18/h3-10,16-17H,2,11,14-15H2,1H3,(H,28,31). The second kappa shape index (κ2) is 10.6. The Bertz CT molecular complexity index is 1200. The van der Waals surface area contributed by atoms with Crippen LogP contribution in [0, 0.1) is 22.7 Å². The van der Waals surface area contributed by atoms with Crippen LogP contribution in [-0.4, -0.2) is 29.6 Å². The van der Waals surface area contributed by atoms with Crippen molar-refractivity contribution in [2.45, 2.75) is 19.9 Å². The highest BCUT2D eigenvalue weighted by Gasteiger charge is 2.17. The summed E-state index contributed by atoms with van der Waals surface area (Å²) in [7, 11) is 0. The SMILES string of the molecule is CCOC(=O)CNC(=O)c1cn(Cc2cccc(C#N)c2)cc1Cc1ccc(C#N)cc1. The van der Waals surface area contributed by atoms with Gasteiger partial charge in [-0.25, -0.2) is 0 Å². The Balaban J connectivity index is 1.85. The smallest absolute Gasteiger partial charge is 0.325 e. The molecule has 0 bridgehead atoms. The molecule has 0 radical (unpaired) electrons. The molecule has 2 aromatic carbocycles. The first-order valence-electron chi connectivity index (χ1n) is 10.1. The predicted molar refractivity (Wildman–Crippen MR) is 118 cm³/mol. The van der Waals surface area contributed by atoms with Gasteiger partial charge >= 0.3 is 5.97 Å². The molecule has 7 nitrogen and oxygen atoms in total. The summed E-state index contributed by atoms with van der Waals surface area (Å²) in [5.74, 6) is -0.867. The summed E-state index contributed by atoms with van der Waals surface area (Å²) < 4.78 is 6.75. The summed E-state index contributed by atoms with van der Waals surface area (Å²) in [4.78, 5) is 24.4. The van der Waals surface area contributed by atoms with Gasteiger partial charge < -0.3 is 14.6 Å². The molecule has 0 saturated carbocycles. The largest absolute Gasteiger partial charge is 0.465 e. The van der Waals surface area contributed by atoms with Gasteiger partial charge in [0.25, 0.3) is 5.91 Å². The van der Waals surface area contributed by atoms with E-state index in [0.29, 0.717) is 29.7 Å². The molecule has 0 unspecified atom stereocenters. The van der Waals surface area contributed by atoms with E-state index in [1.807, 2.05) is 35.0 Å². The molecule has 32 heavy (non-hydrogen) atoms. The third-order valence-electron chi connectivity index (χ3n) is 4.80. The number of nitriles is 2. The van der Waals surface area contributed by atoms with Gasteiger partial charge in [0, 0.05) is 18.9 Å². The summed E-state index contributed by atoms with van der Waals surface area (Å²) in [6.07, 6.45) is 4.11. The number of amides is 1. The van der Waals surface area contributed by atoms with Crippen molar-refractivity contribution in [2.24, 2.45) is 0 Å². The van der Waals surface area contributed by atoms with Crippen LogP contribution in [0.15, 0.2) is 60.9 Å². The predicted octanol–water partition coefficient (Wildman–Crippen LogP) is 3.16. The average Bonchev–Trinajstić information content (AvgIpc) is 3.20. The molecule has 0 spiro atoms. The number of hydrogen-bond acceptors (Lipinski definition) is 5. The highest BCUT2D eigenvalue weighted by atomic mass is 16.5. The van der Waals surface area contributed by atoms with Crippen molar-refractivity contribution in [3.8, 4) is 12.1 Å². The molecular weight excluding hydrogens is 404 g/mol. The lowest BCUT2D eigenvalue weighted by molar-refractivity contribution is -0.141. The van der Waals surface area contributed by atoms with Crippen LogP contribution in [-0.2, 0) is 22.5 Å². The van der Waals surface area contributed by atoms with Crippen LogP contribution in [0.25, 0.3) is 0 Å². The first-order chi connectivity index (χ1) is 15.5. The molecule has 0 aliphatic carbocycles. The molecule has 7 heteroatoms. The molecule has 1 heterocycles. The Morgan fingerprint density at radius 2 is 1.75 bits per heavy atom. The zero-order valence-corrected chi connectivity index (χ0v) is 17.7. The number of benzene rings is 2. The van der Waals surface area contributed by atoms with Crippen LogP contribution < -0.4 is 5.32 Å². The second-order valence-corrected chi connectivity index (χ2v) is 7.15. The highest BCUT2D eigenvalue weighted by molar-refractivity contribution is 5.97. The van der Waals surface area contributed by atoms with Crippen molar-refractivity contribution in [1.29, 1.82) is 10.5 Å². The fourth-order valence-electron chi connectivity index (χ4n) is 3.32. The van der Waals surface area contributed by atoms with Gasteiger partial charge in [0.05, 0.1) is 35.4 Å². The number of nitrogens with zero attached hydrogens (tertiary/aromatic N) is 3. The fraction of sp³-hybridized carbons (Fsp3) is 0.200. The van der Waals surface area contributed by atoms with Crippen molar-refractivity contribution in [3.05, 3.63) is 94.3 Å². The lowest BCUT2D eigenvalue weighted by Gasteiger charge is -2.06. The van der Waals surface area contributed by atoms with Gasteiger partial charge in [-0.3, -0.25) is 9.59 Å². The molecule has 0 atom stereocenters. The third kappa shape index (κ3) is 5.84. The number of ether oxygens (including phenoxy) is 1. The molecule has 0 aliphatic heterocycles. The van der Waals surface area contributed by atoms with Crippen molar-refractivity contribution in [3.63, 3.8) is 0 Å². The van der Waals surface area contributed by atoms with Gasteiger partial charge in [-0.05, 0) is 54.3 Å². The Kier molecular flexibility index (Phi) is 7.40. The van der Waals surface area contributed by atoms with Gasteiger partial charge in [0.1, 0.15) is 6.54 Å². The fourth-order valence-corrected chi connectivity index (χ4v) is 3.32. The second-order valence-electron chi connectivity index (χ2n) is 7.15. The summed E-state index contributed by atoms with van der Waals surface area (Å²) >= 11 is 0. The molecule has 0 saturated heterocycles. The maximum absolute atomic E-state index is 12.8. The normalized spacial score (nSPS) is 10.1. The third-order valence-corrected chi connectivity index (χ3v) is 4.80. The van der Waals surface area contributed by atoms with E-state index in [2.05, 4.69) is 17.5 Å². The topological polar surface area (TPSA) is 108 Å². The van der Waals surface area contributed by atoms with Crippen LogP contribution in [0.2, 0.25) is 0 Å². The first kappa shape index (κ1) is 22.3. The molecule has 0 fully saturated rings. The summed E-state index contributed by atoms with van der Waals surface area (Å²) in [6, 6.07) is 18.7. The maximum Gasteiger partial charge on any atom is 0.325 e. The van der Waals surface area contributed by atoms with E-state index in [-0.39, 0.29) is 19.1 Å². The Hall–Kier alpha value is -4.36. The van der Waals surface area contributed by atoms with E-state index < -0.39 is 5.97 Å². The molecule has 3 rings (SSSR count). The summed E-state index contributed by atoms with van der Waals surface area (Å²) in [6.45, 7) is 2.23. The van der Waals surface area contributed by atoms with Gasteiger partial charge in [-0.1, -0.05) is 24.3 Å². The van der Waals surface area contributed by atoms with Crippen LogP contribution in [0.3, 0.4) is 0 Å². The van der Waals surface area contributed by atoms with E-state index in [0.717, 1.165) is 16.7 Å². The van der Waals surface area contributed by atoms with Crippen molar-refractivity contribution < 1.29 is 14.3 Å². The number of nitrogens with one attached hydrogen (secondary N) is 1. The van der Waals surface area contributed by atoms with Crippen LogP contribution in [0.4, 0.5) is 0 Å². The Morgan fingerprint density at radius 1 is 1.00 bits per heavy atom. The van der Waals surface area contributed by atoms with E-state index >= 15 is 0 Å². The number of hydrogen-bond donors (Lipinski definition) is 1. The molecule has 0 aliphatic rings. The molecule has 1 amide bonds. The van der Waals surface area contributed by atoms with E-state index in [4.69, 9.17) is 15.3 Å². The van der Waals surface area contributed by atoms with Gasteiger partial charge in [-0.2, -0.15) is 10.5 Å². The van der Waals surface area contributed by atoms with E-state index in [1.54, 1.807) is 37.4 Å². The Morgan fingerprint density at radius 3 is 2.44 bits per heavy atom. The lowest BCUT2D eigenvalue weighted by atomic mass is 10.0. The first-order valence-corrected chi connectivity index (χ1v) is 10.1. The van der Waals surface area contributed by atoms with Crippen molar-refractivity contribution in [1.82, 2.24) is 9.88 Å². The number of rotatable bonds is 8. The Labute approximate surface area is 186 Å². The van der Waals surface area contributed by atoms with Gasteiger partial charge in [0.2, 0.25) is 0 Å². The lowest BCUT2D eigenvalue weighted by Crippen LogP contribution is -2.31. The van der Waals surface area contributed by atoms with Crippen molar-refractivity contribution >= 4 is 11.9 Å². The molecular formula is C25H22N4O3. The zero-order valence-electron chi connectivity index (χ0n) is 17.7. The molecule has 1 aromatic heterocycles. The van der Waals surface area contributed by atoms with Gasteiger partial charge in [-0.15, -0.1) is 0 Å². The van der Waals surface area contributed by atoms with Crippen LogP contribution >= 0.6 is 0 Å². The van der Waals surface area contributed by atoms with Gasteiger partial charge in [0.15, 0.2) is 0 Å². The monoisotopic (exact) mass is 426 g/mol. The number of carbonyl (C=O) groups excluding carboxylic acids is 2. The minimum atomic E-state index is -0.498. The maximum atomic E-state index is 12.8. The van der Waals surface area contributed by atoms with Crippen LogP contribution in [0.1, 0.15) is 45.1 Å². The molecule has 160 valence electrons. The van der Waals surface area contributed by atoms with E-state index in [9.17, 15) is 9.59 Å². The minimum Gasteiger partial charge on any atom is -0.465 e. The number of carbonyl (C=O) groups is 2. The molecule has 3 aromatic rings. The highest BCUT2D eigenvalue weighted by Crippen LogP contribution is 2.18. The quantitative estimate of drug-likeness (QED) is 0.557. The average molecular weight is 426 g/mol. The van der Waals surface area contributed by atoms with Crippen LogP contribution in [0.5, 0.6) is 0 Å². The summed E-state index contributed by atoms with van der Waals surface area (Å²) in [5, 5.41) is 20.7. The number of esters is 1. The van der Waals surface area contributed by atoms with Crippen molar-refractivity contribution in [2.75, 3.05) is 13.2 Å². The van der Waals surface area contributed by atoms with E-state index in [1.165, 1.54) is 0 Å². The summed E-state index contributed by atoms with van der Waals surface area (Å²) in [5.41, 5.74) is 4.26. The minimum absolute atomic E-state index is 0.210. The molecule has 1 N–H and O–H groups in total.